The van der Waals surface area contributed by atoms with Crippen LogP contribution >= 0.6 is 0 Å². The van der Waals surface area contributed by atoms with Gasteiger partial charge in [0.25, 0.3) is 5.91 Å². The molecule has 0 aromatic heterocycles. The van der Waals surface area contributed by atoms with E-state index in [-0.39, 0.29) is 17.6 Å². The molecule has 1 heterocycles. The zero-order chi connectivity index (χ0) is 16.9. The lowest BCUT2D eigenvalue weighted by atomic mass is 9.98. The summed E-state index contributed by atoms with van der Waals surface area (Å²) in [5.74, 6) is -0.0341. The Labute approximate surface area is 139 Å². The van der Waals surface area contributed by atoms with Crippen LogP contribution in [0.1, 0.15) is 23.2 Å². The number of likely N-dealkylation sites (tertiary alicyclic amines) is 1. The van der Waals surface area contributed by atoms with Crippen LogP contribution in [0.15, 0.2) is 48.5 Å². The molecule has 2 aromatic carbocycles. The van der Waals surface area contributed by atoms with Gasteiger partial charge in [-0.2, -0.15) is 0 Å². The molecule has 0 spiro atoms. The van der Waals surface area contributed by atoms with E-state index in [2.05, 4.69) is 0 Å². The highest BCUT2D eigenvalue weighted by Crippen LogP contribution is 2.21. The number of ether oxygens (including phenoxy) is 1. The maximum absolute atomic E-state index is 13.3. The van der Waals surface area contributed by atoms with E-state index in [9.17, 15) is 13.6 Å². The van der Waals surface area contributed by atoms with Crippen LogP contribution in [-0.2, 0) is 0 Å². The predicted octanol–water partition coefficient (Wildman–Crippen LogP) is 3.90. The van der Waals surface area contributed by atoms with Crippen molar-refractivity contribution in [2.45, 2.75) is 12.8 Å². The number of piperidine rings is 1. The number of hydrogen-bond acceptors (Lipinski definition) is 2. The van der Waals surface area contributed by atoms with E-state index in [4.69, 9.17) is 4.74 Å². The van der Waals surface area contributed by atoms with Crippen molar-refractivity contribution in [3.8, 4) is 5.75 Å². The lowest BCUT2D eigenvalue weighted by Gasteiger charge is -2.32. The molecule has 1 aliphatic heterocycles. The second-order valence-electron chi connectivity index (χ2n) is 6.03. The second kappa shape index (κ2) is 7.43. The highest BCUT2D eigenvalue weighted by atomic mass is 19.1. The number of carbonyl (C=O) groups is 1. The fourth-order valence-electron chi connectivity index (χ4n) is 2.93. The molecular formula is C19H19F2NO2. The van der Waals surface area contributed by atoms with Crippen LogP contribution < -0.4 is 4.74 Å². The molecule has 1 aliphatic rings. The third kappa shape index (κ3) is 4.10. The first-order valence-corrected chi connectivity index (χ1v) is 8.05. The third-order valence-corrected chi connectivity index (χ3v) is 4.18. The van der Waals surface area contributed by atoms with E-state index in [0.717, 1.165) is 12.8 Å². The number of rotatable bonds is 4. The first kappa shape index (κ1) is 16.4. The molecule has 3 nitrogen and oxygen atoms in total. The van der Waals surface area contributed by atoms with E-state index < -0.39 is 5.82 Å². The zero-order valence-corrected chi connectivity index (χ0v) is 13.3. The number of carbonyl (C=O) groups excluding carboxylic acids is 1. The number of hydrogen-bond donors (Lipinski definition) is 0. The molecule has 126 valence electrons. The highest BCUT2D eigenvalue weighted by Gasteiger charge is 2.25. The maximum Gasteiger partial charge on any atom is 0.253 e. The Morgan fingerprint density at radius 2 is 1.92 bits per heavy atom. The van der Waals surface area contributed by atoms with Gasteiger partial charge in [0.05, 0.1) is 6.61 Å². The molecule has 5 heteroatoms. The van der Waals surface area contributed by atoms with E-state index >= 15 is 0 Å². The van der Waals surface area contributed by atoms with Crippen LogP contribution in [0, 0.1) is 17.6 Å². The average molecular weight is 331 g/mol. The van der Waals surface area contributed by atoms with E-state index in [0.29, 0.717) is 31.0 Å². The predicted molar refractivity (Wildman–Crippen MR) is 86.9 cm³/mol. The van der Waals surface area contributed by atoms with Crippen molar-refractivity contribution in [3.63, 3.8) is 0 Å². The molecular weight excluding hydrogens is 312 g/mol. The van der Waals surface area contributed by atoms with Gasteiger partial charge in [0.2, 0.25) is 0 Å². The minimum atomic E-state index is -0.408. The Morgan fingerprint density at radius 1 is 1.12 bits per heavy atom. The molecule has 0 N–H and O–H groups in total. The standard InChI is InChI=1S/C19H19F2NO2/c20-16-6-8-18(9-7-16)24-13-14-3-2-10-22(12-14)19(23)15-4-1-5-17(21)11-15/h1,4-9,11,14H,2-3,10,12-13H2. The Hall–Kier alpha value is -2.43. The van der Waals surface area contributed by atoms with E-state index in [1.54, 1.807) is 29.2 Å². The van der Waals surface area contributed by atoms with Crippen LogP contribution in [0.4, 0.5) is 8.78 Å². The SMILES string of the molecule is O=C(c1cccc(F)c1)N1CCCC(COc2ccc(F)cc2)C1. The summed E-state index contributed by atoms with van der Waals surface area (Å²) in [5.41, 5.74) is 0.370. The smallest absolute Gasteiger partial charge is 0.253 e. The summed E-state index contributed by atoms with van der Waals surface area (Å²) in [5, 5.41) is 0. The molecule has 0 saturated carbocycles. The molecule has 0 bridgehead atoms. The molecule has 1 atom stereocenters. The summed E-state index contributed by atoms with van der Waals surface area (Å²) in [6, 6.07) is 11.7. The summed E-state index contributed by atoms with van der Waals surface area (Å²) < 4.78 is 31.9. The van der Waals surface area contributed by atoms with Crippen LogP contribution in [0.2, 0.25) is 0 Å². The molecule has 1 fully saturated rings. The van der Waals surface area contributed by atoms with Crippen molar-refractivity contribution >= 4 is 5.91 Å². The van der Waals surface area contributed by atoms with Crippen LogP contribution in [-0.4, -0.2) is 30.5 Å². The molecule has 1 unspecified atom stereocenters. The van der Waals surface area contributed by atoms with Crippen LogP contribution in [0.5, 0.6) is 5.75 Å². The van der Waals surface area contributed by atoms with Crippen molar-refractivity contribution in [2.75, 3.05) is 19.7 Å². The van der Waals surface area contributed by atoms with Crippen LogP contribution in [0.25, 0.3) is 0 Å². The first-order valence-electron chi connectivity index (χ1n) is 8.05. The highest BCUT2D eigenvalue weighted by molar-refractivity contribution is 5.94. The molecule has 1 saturated heterocycles. The fourth-order valence-corrected chi connectivity index (χ4v) is 2.93. The van der Waals surface area contributed by atoms with Gasteiger partial charge in [-0.1, -0.05) is 6.07 Å². The lowest BCUT2D eigenvalue weighted by molar-refractivity contribution is 0.0633. The van der Waals surface area contributed by atoms with Crippen molar-refractivity contribution in [1.29, 1.82) is 0 Å². The average Bonchev–Trinajstić information content (AvgIpc) is 2.61. The van der Waals surface area contributed by atoms with E-state index in [1.165, 1.54) is 24.3 Å². The summed E-state index contributed by atoms with van der Waals surface area (Å²) in [4.78, 5) is 14.2. The van der Waals surface area contributed by atoms with Gasteiger partial charge in [-0.3, -0.25) is 4.79 Å². The van der Waals surface area contributed by atoms with Crippen molar-refractivity contribution in [1.82, 2.24) is 4.90 Å². The molecule has 0 radical (unpaired) electrons. The van der Waals surface area contributed by atoms with Gasteiger partial charge in [0, 0.05) is 24.6 Å². The topological polar surface area (TPSA) is 29.5 Å². The number of benzene rings is 2. The lowest BCUT2D eigenvalue weighted by Crippen LogP contribution is -2.41. The minimum Gasteiger partial charge on any atom is -0.493 e. The monoisotopic (exact) mass is 331 g/mol. The van der Waals surface area contributed by atoms with Gasteiger partial charge >= 0.3 is 0 Å². The molecule has 2 aromatic rings. The Kier molecular flexibility index (Phi) is 5.08. The van der Waals surface area contributed by atoms with Gasteiger partial charge in [0.15, 0.2) is 0 Å². The zero-order valence-electron chi connectivity index (χ0n) is 13.3. The summed E-state index contributed by atoms with van der Waals surface area (Å²) in [7, 11) is 0. The summed E-state index contributed by atoms with van der Waals surface area (Å²) >= 11 is 0. The Morgan fingerprint density at radius 3 is 2.67 bits per heavy atom. The van der Waals surface area contributed by atoms with Gasteiger partial charge in [0.1, 0.15) is 17.4 Å². The van der Waals surface area contributed by atoms with E-state index in [1.807, 2.05) is 0 Å². The summed E-state index contributed by atoms with van der Waals surface area (Å²) in [6.07, 6.45) is 1.85. The van der Waals surface area contributed by atoms with Crippen LogP contribution in [0.3, 0.4) is 0 Å². The van der Waals surface area contributed by atoms with Gasteiger partial charge in [-0.15, -0.1) is 0 Å². The minimum absolute atomic E-state index is 0.152. The van der Waals surface area contributed by atoms with Crippen molar-refractivity contribution < 1.29 is 18.3 Å². The molecule has 24 heavy (non-hydrogen) atoms. The number of halogens is 2. The maximum atomic E-state index is 13.3. The molecule has 3 rings (SSSR count). The van der Waals surface area contributed by atoms with Crippen molar-refractivity contribution in [2.24, 2.45) is 5.92 Å². The number of nitrogens with zero attached hydrogens (tertiary/aromatic N) is 1. The number of amides is 1. The Balaban J connectivity index is 1.57. The van der Waals surface area contributed by atoms with Gasteiger partial charge in [-0.25, -0.2) is 8.78 Å². The third-order valence-electron chi connectivity index (χ3n) is 4.18. The summed E-state index contributed by atoms with van der Waals surface area (Å²) in [6.45, 7) is 1.72. The molecule has 1 amide bonds. The first-order chi connectivity index (χ1) is 11.6. The molecule has 0 aliphatic carbocycles. The van der Waals surface area contributed by atoms with Gasteiger partial charge in [-0.05, 0) is 55.3 Å². The Bertz CT molecular complexity index is 703. The fraction of sp³-hybridized carbons (Fsp3) is 0.316. The second-order valence-corrected chi connectivity index (χ2v) is 6.03. The van der Waals surface area contributed by atoms with Crippen molar-refractivity contribution in [3.05, 3.63) is 65.7 Å². The van der Waals surface area contributed by atoms with Gasteiger partial charge < -0.3 is 9.64 Å². The largest absolute Gasteiger partial charge is 0.493 e. The quantitative estimate of drug-likeness (QED) is 0.850. The normalized spacial score (nSPS) is 17.6.